The van der Waals surface area contributed by atoms with Crippen LogP contribution in [0.4, 0.5) is 0 Å². The maximum Gasteiger partial charge on any atom is 0.0737 e. The van der Waals surface area contributed by atoms with Crippen molar-refractivity contribution in [3.63, 3.8) is 0 Å². The predicted octanol–water partition coefficient (Wildman–Crippen LogP) is 15.6. The zero-order chi connectivity index (χ0) is 38.7. The summed E-state index contributed by atoms with van der Waals surface area (Å²) in [6.07, 6.45) is 0. The van der Waals surface area contributed by atoms with Crippen LogP contribution in [-0.4, -0.2) is 0 Å². The summed E-state index contributed by atoms with van der Waals surface area (Å²) < 4.78 is 0. The van der Waals surface area contributed by atoms with Crippen molar-refractivity contribution in [2.75, 3.05) is 0 Å². The molecule has 0 fully saturated rings. The number of fused-ring (bicyclic) bond motifs is 16. The number of benzene rings is 11. The maximum atomic E-state index is 2.42. The van der Waals surface area contributed by atoms with E-state index in [1.54, 1.807) is 0 Å². The van der Waals surface area contributed by atoms with Crippen molar-refractivity contribution >= 4 is 43.1 Å². The van der Waals surface area contributed by atoms with E-state index >= 15 is 0 Å². The maximum absolute atomic E-state index is 2.42. The first-order valence-corrected chi connectivity index (χ1v) is 20.7. The molecule has 0 atom stereocenters. The molecule has 59 heavy (non-hydrogen) atoms. The molecule has 272 valence electrons. The summed E-state index contributed by atoms with van der Waals surface area (Å²) >= 11 is 0. The van der Waals surface area contributed by atoms with Crippen LogP contribution in [0.25, 0.3) is 98.7 Å². The highest BCUT2D eigenvalue weighted by Gasteiger charge is 2.53. The van der Waals surface area contributed by atoms with Gasteiger partial charge in [-0.15, -0.1) is 0 Å². The van der Waals surface area contributed by atoms with Gasteiger partial charge in [-0.3, -0.25) is 0 Å². The molecule has 0 aromatic heterocycles. The van der Waals surface area contributed by atoms with Gasteiger partial charge in [-0.25, -0.2) is 0 Å². The lowest BCUT2D eigenvalue weighted by Crippen LogP contribution is -2.26. The molecule has 1 spiro atoms. The Hall–Kier alpha value is -7.54. The van der Waals surface area contributed by atoms with Gasteiger partial charge in [-0.2, -0.15) is 0 Å². The lowest BCUT2D eigenvalue weighted by Gasteiger charge is -2.32. The van der Waals surface area contributed by atoms with Crippen molar-refractivity contribution in [2.45, 2.75) is 5.41 Å². The first-order valence-electron chi connectivity index (χ1n) is 20.7. The fraction of sp³-hybridized carbons (Fsp3) is 0.0169. The molecule has 0 heterocycles. The minimum atomic E-state index is -0.437. The van der Waals surface area contributed by atoms with Crippen LogP contribution in [0.2, 0.25) is 0 Å². The minimum absolute atomic E-state index is 0.437. The summed E-state index contributed by atoms with van der Waals surface area (Å²) in [5.41, 5.74) is 17.9. The summed E-state index contributed by atoms with van der Waals surface area (Å²) in [6, 6.07) is 81.7. The van der Waals surface area contributed by atoms with Crippen LogP contribution in [0.5, 0.6) is 0 Å². The summed E-state index contributed by atoms with van der Waals surface area (Å²) in [6.45, 7) is 0. The van der Waals surface area contributed by atoms with Crippen molar-refractivity contribution in [3.8, 4) is 55.6 Å². The van der Waals surface area contributed by atoms with E-state index in [-0.39, 0.29) is 0 Å². The Balaban J connectivity index is 1.03. The average Bonchev–Trinajstić information content (AvgIpc) is 3.78. The van der Waals surface area contributed by atoms with Crippen molar-refractivity contribution in [3.05, 3.63) is 241 Å². The number of hydrogen-bond acceptors (Lipinski definition) is 0. The van der Waals surface area contributed by atoms with E-state index in [4.69, 9.17) is 0 Å². The standard InChI is InChI=1S/C59H36/c1-2-16-38(17-3-1)55-47-23-6-8-25-49(47)56(50-26-9-7-24-48(50)55)42-19-14-18-39(36-42)40-30-32-44-41(35-40)31-34-52-51-33-29-37-15-4-5-20-43(37)57(51)59(58(44)52)53-27-12-10-21-45(53)46-22-11-13-28-54(46)59/h1-36H. The summed E-state index contributed by atoms with van der Waals surface area (Å²) in [7, 11) is 0. The van der Waals surface area contributed by atoms with Gasteiger partial charge in [0, 0.05) is 0 Å². The second kappa shape index (κ2) is 12.2. The van der Waals surface area contributed by atoms with Gasteiger partial charge in [-0.1, -0.05) is 206 Å². The normalized spacial score (nSPS) is 13.2. The molecule has 13 rings (SSSR count). The van der Waals surface area contributed by atoms with Crippen molar-refractivity contribution < 1.29 is 0 Å². The molecule has 0 amide bonds. The fourth-order valence-electron chi connectivity index (χ4n) is 11.1. The Morgan fingerprint density at radius 1 is 0.237 bits per heavy atom. The second-order valence-corrected chi connectivity index (χ2v) is 16.3. The van der Waals surface area contributed by atoms with Gasteiger partial charge >= 0.3 is 0 Å². The van der Waals surface area contributed by atoms with Crippen LogP contribution in [-0.2, 0) is 5.41 Å². The molecular formula is C59H36. The Bertz CT molecular complexity index is 3450. The minimum Gasteiger partial charge on any atom is -0.0622 e. The summed E-state index contributed by atoms with van der Waals surface area (Å²) in [5, 5.41) is 10.3. The third-order valence-electron chi connectivity index (χ3n) is 13.4. The zero-order valence-corrected chi connectivity index (χ0v) is 32.3. The van der Waals surface area contributed by atoms with Crippen LogP contribution in [0.1, 0.15) is 22.3 Å². The summed E-state index contributed by atoms with van der Waals surface area (Å²) in [4.78, 5) is 0. The SMILES string of the molecule is c1ccc(-c2c3ccccc3c(-c3cccc(-c4ccc5c6c(ccc5c4)-c4ccc5ccccc5c4C64c5ccccc5-c5ccccc54)c3)c3ccccc23)cc1. The van der Waals surface area contributed by atoms with Gasteiger partial charge in [0.1, 0.15) is 0 Å². The third kappa shape index (κ3) is 4.38. The van der Waals surface area contributed by atoms with Gasteiger partial charge < -0.3 is 0 Å². The molecule has 0 bridgehead atoms. The van der Waals surface area contributed by atoms with Crippen molar-refractivity contribution in [1.29, 1.82) is 0 Å². The average molecular weight is 745 g/mol. The van der Waals surface area contributed by atoms with Crippen LogP contribution < -0.4 is 0 Å². The third-order valence-corrected chi connectivity index (χ3v) is 13.4. The van der Waals surface area contributed by atoms with E-state index in [2.05, 4.69) is 218 Å². The van der Waals surface area contributed by atoms with Crippen LogP contribution in [0.15, 0.2) is 218 Å². The van der Waals surface area contributed by atoms with E-state index in [9.17, 15) is 0 Å². The quantitative estimate of drug-likeness (QED) is 0.158. The van der Waals surface area contributed by atoms with Crippen LogP contribution in [0, 0.1) is 0 Å². The molecule has 0 saturated heterocycles. The Morgan fingerprint density at radius 3 is 1.34 bits per heavy atom. The molecule has 0 heteroatoms. The molecule has 2 aliphatic carbocycles. The molecule has 2 aliphatic rings. The van der Waals surface area contributed by atoms with Crippen molar-refractivity contribution in [1.82, 2.24) is 0 Å². The highest BCUT2D eigenvalue weighted by molar-refractivity contribution is 6.21. The Morgan fingerprint density at radius 2 is 0.695 bits per heavy atom. The topological polar surface area (TPSA) is 0 Å². The van der Waals surface area contributed by atoms with E-state index in [1.165, 1.54) is 121 Å². The number of rotatable bonds is 3. The summed E-state index contributed by atoms with van der Waals surface area (Å²) in [5.74, 6) is 0. The van der Waals surface area contributed by atoms with E-state index in [1.807, 2.05) is 0 Å². The first-order chi connectivity index (χ1) is 29.3. The predicted molar refractivity (Wildman–Crippen MR) is 249 cm³/mol. The molecule has 0 unspecified atom stereocenters. The van der Waals surface area contributed by atoms with Gasteiger partial charge in [0.15, 0.2) is 0 Å². The molecule has 0 radical (unpaired) electrons. The van der Waals surface area contributed by atoms with Gasteiger partial charge in [0.25, 0.3) is 0 Å². The molecule has 0 N–H and O–H groups in total. The number of hydrogen-bond donors (Lipinski definition) is 0. The lowest BCUT2D eigenvalue weighted by molar-refractivity contribution is 0.809. The van der Waals surface area contributed by atoms with Gasteiger partial charge in [-0.05, 0) is 133 Å². The monoisotopic (exact) mass is 744 g/mol. The van der Waals surface area contributed by atoms with E-state index < -0.39 is 5.41 Å². The molecular weight excluding hydrogens is 709 g/mol. The van der Waals surface area contributed by atoms with E-state index in [0.717, 1.165) is 0 Å². The van der Waals surface area contributed by atoms with Gasteiger partial charge in [0.05, 0.1) is 5.41 Å². The zero-order valence-electron chi connectivity index (χ0n) is 32.3. The fourth-order valence-corrected chi connectivity index (χ4v) is 11.1. The van der Waals surface area contributed by atoms with Crippen LogP contribution >= 0.6 is 0 Å². The molecule has 0 aliphatic heterocycles. The molecule has 11 aromatic carbocycles. The lowest BCUT2D eigenvalue weighted by atomic mass is 9.68. The van der Waals surface area contributed by atoms with Gasteiger partial charge in [0.2, 0.25) is 0 Å². The van der Waals surface area contributed by atoms with E-state index in [0.29, 0.717) is 0 Å². The Labute approximate surface area is 343 Å². The smallest absolute Gasteiger partial charge is 0.0622 e. The van der Waals surface area contributed by atoms with Crippen molar-refractivity contribution in [2.24, 2.45) is 0 Å². The highest BCUT2D eigenvalue weighted by Crippen LogP contribution is 2.65. The van der Waals surface area contributed by atoms with Crippen LogP contribution in [0.3, 0.4) is 0 Å². The highest BCUT2D eigenvalue weighted by atomic mass is 14.5. The largest absolute Gasteiger partial charge is 0.0737 e. The second-order valence-electron chi connectivity index (χ2n) is 16.3. The molecule has 11 aromatic rings. The first kappa shape index (κ1) is 32.5. The molecule has 0 nitrogen and oxygen atoms in total. The molecule has 0 saturated carbocycles. The Kier molecular flexibility index (Phi) is 6.74.